The Balaban J connectivity index is 3.61. The summed E-state index contributed by atoms with van der Waals surface area (Å²) in [6.45, 7) is 3.70. The first kappa shape index (κ1) is 7.19. The van der Waals surface area contributed by atoms with E-state index >= 15 is 0 Å². The molecular formula is C4H12NOP. The summed E-state index contributed by atoms with van der Waals surface area (Å²) >= 11 is 0. The van der Waals surface area contributed by atoms with Gasteiger partial charge in [0, 0.05) is 12.3 Å². The standard InChI is InChI=1S/C4H12NOP/c1-3-7(5,6)4-2/h3-4H2,1-2H3,(H2,5,6). The van der Waals surface area contributed by atoms with E-state index in [2.05, 4.69) is 0 Å². The molecule has 0 saturated heterocycles. The van der Waals surface area contributed by atoms with Gasteiger partial charge in [0.2, 0.25) is 0 Å². The van der Waals surface area contributed by atoms with Crippen molar-refractivity contribution in [1.82, 2.24) is 0 Å². The summed E-state index contributed by atoms with van der Waals surface area (Å²) in [5, 5.41) is 0. The number of rotatable bonds is 2. The van der Waals surface area contributed by atoms with Gasteiger partial charge in [-0.3, -0.25) is 5.50 Å². The topological polar surface area (TPSA) is 43.1 Å². The van der Waals surface area contributed by atoms with E-state index in [9.17, 15) is 4.57 Å². The highest BCUT2D eigenvalue weighted by atomic mass is 31.2. The number of hydrogen-bond acceptors (Lipinski definition) is 1. The minimum Gasteiger partial charge on any atom is -0.307 e. The number of hydrogen-bond donors (Lipinski definition) is 1. The van der Waals surface area contributed by atoms with Crippen molar-refractivity contribution in [2.24, 2.45) is 5.50 Å². The fourth-order valence-electron chi connectivity index (χ4n) is 0.224. The summed E-state index contributed by atoms with van der Waals surface area (Å²) in [5.74, 6) is 0. The van der Waals surface area contributed by atoms with Crippen LogP contribution >= 0.6 is 7.29 Å². The van der Waals surface area contributed by atoms with Crippen LogP contribution in [0, 0.1) is 0 Å². The Hall–Kier alpha value is 0.190. The van der Waals surface area contributed by atoms with Crippen LogP contribution in [0.4, 0.5) is 0 Å². The summed E-state index contributed by atoms with van der Waals surface area (Å²) in [6, 6.07) is 0. The molecule has 0 spiro atoms. The molecule has 44 valence electrons. The van der Waals surface area contributed by atoms with Gasteiger partial charge in [-0.15, -0.1) is 0 Å². The fourth-order valence-corrected chi connectivity index (χ4v) is 0.671. The zero-order valence-electron chi connectivity index (χ0n) is 4.85. The van der Waals surface area contributed by atoms with Crippen molar-refractivity contribution in [1.29, 1.82) is 0 Å². The van der Waals surface area contributed by atoms with Gasteiger partial charge >= 0.3 is 0 Å². The van der Waals surface area contributed by atoms with Gasteiger partial charge in [0.25, 0.3) is 0 Å². The highest BCUT2D eigenvalue weighted by Gasteiger charge is 2.06. The first-order valence-corrected chi connectivity index (χ1v) is 4.63. The van der Waals surface area contributed by atoms with Crippen LogP contribution in [0.3, 0.4) is 0 Å². The van der Waals surface area contributed by atoms with Gasteiger partial charge in [0.1, 0.15) is 7.29 Å². The lowest BCUT2D eigenvalue weighted by molar-refractivity contribution is 0.577. The fraction of sp³-hybridized carbons (Fsp3) is 1.00. The van der Waals surface area contributed by atoms with Gasteiger partial charge in [-0.2, -0.15) is 0 Å². The average molecular weight is 121 g/mol. The van der Waals surface area contributed by atoms with Crippen molar-refractivity contribution in [3.8, 4) is 0 Å². The molecule has 0 aromatic heterocycles. The SMILES string of the molecule is CCP(N)(=O)CC. The lowest BCUT2D eigenvalue weighted by atomic mass is 11.0. The minimum absolute atomic E-state index is 0.628. The molecule has 0 heterocycles. The maximum Gasteiger partial charge on any atom is 0.144 e. The molecule has 7 heavy (non-hydrogen) atoms. The first-order valence-electron chi connectivity index (χ1n) is 2.49. The highest BCUT2D eigenvalue weighted by Crippen LogP contribution is 2.33. The third-order valence-electron chi connectivity index (χ3n) is 1.07. The molecule has 0 aromatic carbocycles. The Labute approximate surface area is 44.5 Å². The normalized spacial score (nSPS) is 11.9. The van der Waals surface area contributed by atoms with Crippen LogP contribution in [0.2, 0.25) is 0 Å². The van der Waals surface area contributed by atoms with Crippen LogP contribution in [-0.2, 0) is 4.57 Å². The predicted octanol–water partition coefficient (Wildman–Crippen LogP) is 1.26. The summed E-state index contributed by atoms with van der Waals surface area (Å²) in [7, 11) is -2.15. The summed E-state index contributed by atoms with van der Waals surface area (Å²) in [4.78, 5) is 0. The van der Waals surface area contributed by atoms with Crippen molar-refractivity contribution < 1.29 is 4.57 Å². The molecule has 0 radical (unpaired) electrons. The summed E-state index contributed by atoms with van der Waals surface area (Å²) in [6.07, 6.45) is 1.26. The largest absolute Gasteiger partial charge is 0.307 e. The third kappa shape index (κ3) is 2.84. The van der Waals surface area contributed by atoms with Crippen molar-refractivity contribution in [2.45, 2.75) is 13.8 Å². The Kier molecular flexibility index (Phi) is 2.55. The minimum atomic E-state index is -2.15. The maximum atomic E-state index is 10.7. The van der Waals surface area contributed by atoms with Crippen molar-refractivity contribution in [2.75, 3.05) is 12.3 Å². The zero-order chi connectivity index (χ0) is 5.91. The van der Waals surface area contributed by atoms with E-state index in [1.807, 2.05) is 13.8 Å². The van der Waals surface area contributed by atoms with Gasteiger partial charge in [-0.25, -0.2) is 0 Å². The highest BCUT2D eigenvalue weighted by molar-refractivity contribution is 7.61. The average Bonchev–Trinajstić information content (AvgIpc) is 1.68. The van der Waals surface area contributed by atoms with Crippen LogP contribution in [0.25, 0.3) is 0 Å². The molecule has 0 aliphatic carbocycles. The van der Waals surface area contributed by atoms with Gasteiger partial charge in [0.05, 0.1) is 0 Å². The van der Waals surface area contributed by atoms with E-state index in [1.165, 1.54) is 0 Å². The molecule has 0 unspecified atom stereocenters. The van der Waals surface area contributed by atoms with Crippen LogP contribution in [0.15, 0.2) is 0 Å². The van der Waals surface area contributed by atoms with E-state index < -0.39 is 7.29 Å². The number of nitrogens with two attached hydrogens (primary N) is 1. The van der Waals surface area contributed by atoms with Gasteiger partial charge in [0.15, 0.2) is 0 Å². The van der Waals surface area contributed by atoms with Gasteiger partial charge in [-0.05, 0) is 0 Å². The van der Waals surface area contributed by atoms with Crippen molar-refractivity contribution in [3.05, 3.63) is 0 Å². The molecule has 0 aromatic rings. The lowest BCUT2D eigenvalue weighted by Gasteiger charge is -2.03. The van der Waals surface area contributed by atoms with Crippen LogP contribution < -0.4 is 5.50 Å². The summed E-state index contributed by atoms with van der Waals surface area (Å²) < 4.78 is 10.7. The smallest absolute Gasteiger partial charge is 0.144 e. The predicted molar refractivity (Wildman–Crippen MR) is 32.9 cm³/mol. The van der Waals surface area contributed by atoms with Crippen LogP contribution in [-0.4, -0.2) is 12.3 Å². The molecule has 0 fully saturated rings. The lowest BCUT2D eigenvalue weighted by Crippen LogP contribution is -1.98. The quantitative estimate of drug-likeness (QED) is 0.559. The van der Waals surface area contributed by atoms with Crippen molar-refractivity contribution >= 4 is 7.29 Å². The Morgan fingerprint density at radius 3 is 1.71 bits per heavy atom. The van der Waals surface area contributed by atoms with Crippen molar-refractivity contribution in [3.63, 3.8) is 0 Å². The molecule has 0 amide bonds. The molecule has 0 rings (SSSR count). The van der Waals surface area contributed by atoms with Crippen LogP contribution in [0.1, 0.15) is 13.8 Å². The monoisotopic (exact) mass is 121 g/mol. The van der Waals surface area contributed by atoms with E-state index in [0.717, 1.165) is 0 Å². The molecule has 0 atom stereocenters. The molecule has 0 aliphatic rings. The van der Waals surface area contributed by atoms with E-state index in [0.29, 0.717) is 12.3 Å². The van der Waals surface area contributed by atoms with E-state index in [1.54, 1.807) is 0 Å². The second kappa shape index (κ2) is 2.49. The molecule has 2 nitrogen and oxygen atoms in total. The van der Waals surface area contributed by atoms with Gasteiger partial charge < -0.3 is 4.57 Å². The Morgan fingerprint density at radius 1 is 1.43 bits per heavy atom. The van der Waals surface area contributed by atoms with Crippen LogP contribution in [0.5, 0.6) is 0 Å². The molecule has 0 saturated carbocycles. The maximum absolute atomic E-state index is 10.7. The third-order valence-corrected chi connectivity index (χ3v) is 3.21. The molecule has 0 bridgehead atoms. The van der Waals surface area contributed by atoms with E-state index in [-0.39, 0.29) is 0 Å². The molecular weight excluding hydrogens is 109 g/mol. The summed E-state index contributed by atoms with van der Waals surface area (Å²) in [5.41, 5.74) is 5.27. The van der Waals surface area contributed by atoms with E-state index in [4.69, 9.17) is 5.50 Å². The molecule has 0 aliphatic heterocycles. The first-order chi connectivity index (χ1) is 3.12. The second-order valence-corrected chi connectivity index (χ2v) is 4.75. The van der Waals surface area contributed by atoms with Gasteiger partial charge in [-0.1, -0.05) is 13.8 Å². The zero-order valence-corrected chi connectivity index (χ0v) is 5.74. The Bertz CT molecular complexity index is 83.7. The Morgan fingerprint density at radius 2 is 1.71 bits per heavy atom. The molecule has 2 N–H and O–H groups in total. The second-order valence-electron chi connectivity index (χ2n) is 1.58. The molecule has 3 heteroatoms.